The summed E-state index contributed by atoms with van der Waals surface area (Å²) in [5, 5.41) is 20.2. The number of aromatic nitrogens is 6. The molecule has 7 nitrogen and oxygen atoms in total. The van der Waals surface area contributed by atoms with Gasteiger partial charge in [-0.1, -0.05) is 84.5 Å². The van der Waals surface area contributed by atoms with E-state index in [2.05, 4.69) is 56.7 Å². The van der Waals surface area contributed by atoms with Crippen molar-refractivity contribution in [3.63, 3.8) is 0 Å². The van der Waals surface area contributed by atoms with Crippen LogP contribution in [-0.2, 0) is 6.42 Å². The van der Waals surface area contributed by atoms with Gasteiger partial charge in [-0.15, -0.1) is 10.2 Å². The molecule has 0 unspecified atom stereocenters. The maximum absolute atomic E-state index is 5.66. The molecule has 3 aromatic carbocycles. The van der Waals surface area contributed by atoms with Crippen molar-refractivity contribution in [2.45, 2.75) is 20.3 Å². The second-order valence-corrected chi connectivity index (χ2v) is 9.17. The van der Waals surface area contributed by atoms with Crippen molar-refractivity contribution in [2.75, 3.05) is 5.32 Å². The van der Waals surface area contributed by atoms with Crippen molar-refractivity contribution in [1.82, 2.24) is 29.9 Å². The molecule has 2 N–H and O–H groups in total. The summed E-state index contributed by atoms with van der Waals surface area (Å²) in [5.41, 5.74) is 5.72. The minimum atomic E-state index is 0.472. The SMILES string of the molecule is Cc1ccc(Nc2nc(=S)c3c(C)n(-c4nnc(Cc5ccccc5)c5ccccc45)nc3[nH]2)cc1. The lowest BCUT2D eigenvalue weighted by atomic mass is 10.0. The molecule has 0 amide bonds. The number of hydrogen-bond acceptors (Lipinski definition) is 6. The van der Waals surface area contributed by atoms with Crippen molar-refractivity contribution in [2.24, 2.45) is 0 Å². The van der Waals surface area contributed by atoms with Gasteiger partial charge in [-0.3, -0.25) is 0 Å². The summed E-state index contributed by atoms with van der Waals surface area (Å²) in [6.45, 7) is 4.03. The van der Waals surface area contributed by atoms with Crippen LogP contribution in [0, 0.1) is 18.5 Å². The molecule has 36 heavy (non-hydrogen) atoms. The number of rotatable bonds is 5. The van der Waals surface area contributed by atoms with Crippen LogP contribution in [0.15, 0.2) is 78.9 Å². The Kier molecular flexibility index (Phi) is 5.50. The zero-order valence-corrected chi connectivity index (χ0v) is 20.7. The first kappa shape index (κ1) is 22.1. The van der Waals surface area contributed by atoms with Crippen LogP contribution in [0.2, 0.25) is 0 Å². The van der Waals surface area contributed by atoms with E-state index in [0.29, 0.717) is 28.5 Å². The van der Waals surface area contributed by atoms with Crippen LogP contribution < -0.4 is 5.32 Å². The van der Waals surface area contributed by atoms with E-state index in [-0.39, 0.29) is 0 Å². The third-order valence-electron chi connectivity index (χ3n) is 6.25. The molecule has 8 heteroatoms. The highest BCUT2D eigenvalue weighted by Gasteiger charge is 2.18. The highest BCUT2D eigenvalue weighted by Crippen LogP contribution is 2.27. The highest BCUT2D eigenvalue weighted by molar-refractivity contribution is 7.71. The zero-order valence-electron chi connectivity index (χ0n) is 19.9. The molecule has 0 aliphatic heterocycles. The van der Waals surface area contributed by atoms with Gasteiger partial charge in [0.05, 0.1) is 16.8 Å². The Labute approximate surface area is 212 Å². The molecule has 0 aliphatic carbocycles. The van der Waals surface area contributed by atoms with Crippen molar-refractivity contribution >= 4 is 45.7 Å². The molecule has 0 saturated carbocycles. The van der Waals surface area contributed by atoms with Crippen LogP contribution in [0.5, 0.6) is 0 Å². The average molecular weight is 490 g/mol. The topological polar surface area (TPSA) is 84.3 Å². The number of aromatic amines is 1. The van der Waals surface area contributed by atoms with Gasteiger partial charge in [0.2, 0.25) is 5.95 Å². The lowest BCUT2D eigenvalue weighted by Crippen LogP contribution is -2.07. The van der Waals surface area contributed by atoms with Gasteiger partial charge in [-0.25, -0.2) is 9.67 Å². The molecule has 0 bridgehead atoms. The Morgan fingerprint density at radius 1 is 0.861 bits per heavy atom. The lowest BCUT2D eigenvalue weighted by molar-refractivity contribution is 0.798. The summed E-state index contributed by atoms with van der Waals surface area (Å²) in [6.07, 6.45) is 0.705. The highest BCUT2D eigenvalue weighted by atomic mass is 32.1. The molecule has 0 radical (unpaired) electrons. The number of anilines is 2. The van der Waals surface area contributed by atoms with E-state index in [4.69, 9.17) is 17.3 Å². The minimum absolute atomic E-state index is 0.472. The summed E-state index contributed by atoms with van der Waals surface area (Å²) in [5.74, 6) is 1.20. The predicted octanol–water partition coefficient (Wildman–Crippen LogP) is 6.37. The van der Waals surface area contributed by atoms with E-state index in [1.165, 1.54) is 11.1 Å². The zero-order chi connectivity index (χ0) is 24.6. The molecule has 6 rings (SSSR count). The summed E-state index contributed by atoms with van der Waals surface area (Å²) < 4.78 is 2.27. The van der Waals surface area contributed by atoms with E-state index < -0.39 is 0 Å². The Morgan fingerprint density at radius 3 is 2.36 bits per heavy atom. The Balaban J connectivity index is 1.44. The van der Waals surface area contributed by atoms with Crippen LogP contribution >= 0.6 is 12.2 Å². The fourth-order valence-corrected chi connectivity index (χ4v) is 4.74. The van der Waals surface area contributed by atoms with Crippen LogP contribution in [0.1, 0.15) is 22.5 Å². The van der Waals surface area contributed by atoms with E-state index in [1.54, 1.807) is 4.68 Å². The summed E-state index contributed by atoms with van der Waals surface area (Å²) in [6, 6.07) is 26.6. The standard InChI is InChI=1S/C28H23N7S/c1-17-12-14-20(15-13-17)29-28-30-25-24(27(36)31-28)18(2)35(34-25)26-22-11-7-6-10-21(22)23(32-33-26)16-19-8-4-3-5-9-19/h3-15H,16H2,1-2H3,(H2,29,30,31,34,36). The molecule has 176 valence electrons. The second-order valence-electron chi connectivity index (χ2n) is 8.78. The van der Waals surface area contributed by atoms with E-state index in [0.717, 1.165) is 33.2 Å². The van der Waals surface area contributed by atoms with Gasteiger partial charge in [0, 0.05) is 22.9 Å². The van der Waals surface area contributed by atoms with Gasteiger partial charge >= 0.3 is 0 Å². The normalized spacial score (nSPS) is 11.3. The number of H-pyrrole nitrogens is 1. The first-order valence-corrected chi connectivity index (χ1v) is 12.1. The molecule has 0 saturated heterocycles. The predicted molar refractivity (Wildman–Crippen MR) is 146 cm³/mol. The number of nitrogens with one attached hydrogen (secondary N) is 2. The average Bonchev–Trinajstić information content (AvgIpc) is 3.22. The van der Waals surface area contributed by atoms with Crippen LogP contribution in [0.3, 0.4) is 0 Å². The number of benzene rings is 3. The molecular formula is C28H23N7S. The summed E-state index contributed by atoms with van der Waals surface area (Å²) in [7, 11) is 0. The monoisotopic (exact) mass is 489 g/mol. The molecule has 0 atom stereocenters. The maximum atomic E-state index is 5.66. The van der Waals surface area contributed by atoms with E-state index >= 15 is 0 Å². The Morgan fingerprint density at radius 2 is 1.58 bits per heavy atom. The van der Waals surface area contributed by atoms with E-state index in [9.17, 15) is 0 Å². The number of hydrogen-bond donors (Lipinski definition) is 2. The van der Waals surface area contributed by atoms with Crippen molar-refractivity contribution in [1.29, 1.82) is 0 Å². The fourth-order valence-electron chi connectivity index (χ4n) is 4.40. The second kappa shape index (κ2) is 8.98. The Bertz CT molecular complexity index is 1770. The van der Waals surface area contributed by atoms with Gasteiger partial charge in [-0.05, 0) is 31.5 Å². The lowest BCUT2D eigenvalue weighted by Gasteiger charge is -2.10. The third-order valence-corrected chi connectivity index (χ3v) is 6.55. The van der Waals surface area contributed by atoms with Crippen molar-refractivity contribution < 1.29 is 0 Å². The quantitative estimate of drug-likeness (QED) is 0.274. The fraction of sp³-hybridized carbons (Fsp3) is 0.107. The Hall–Kier alpha value is -4.43. The molecule has 3 aromatic heterocycles. The first-order chi connectivity index (χ1) is 17.6. The van der Waals surface area contributed by atoms with Gasteiger partial charge < -0.3 is 10.3 Å². The molecule has 3 heterocycles. The first-order valence-electron chi connectivity index (χ1n) is 11.7. The van der Waals surface area contributed by atoms with Gasteiger partial charge in [0.25, 0.3) is 0 Å². The summed E-state index contributed by atoms with van der Waals surface area (Å²) in [4.78, 5) is 7.85. The summed E-state index contributed by atoms with van der Waals surface area (Å²) >= 11 is 5.66. The van der Waals surface area contributed by atoms with Gasteiger partial charge in [0.15, 0.2) is 11.5 Å². The molecule has 0 spiro atoms. The van der Waals surface area contributed by atoms with Crippen molar-refractivity contribution in [3.8, 4) is 5.82 Å². The van der Waals surface area contributed by atoms with Gasteiger partial charge in [-0.2, -0.15) is 5.10 Å². The van der Waals surface area contributed by atoms with E-state index in [1.807, 2.05) is 61.5 Å². The molecule has 6 aromatic rings. The van der Waals surface area contributed by atoms with Gasteiger partial charge in [0.1, 0.15) is 4.64 Å². The number of aryl methyl sites for hydroxylation is 2. The maximum Gasteiger partial charge on any atom is 0.207 e. The van der Waals surface area contributed by atoms with Crippen molar-refractivity contribution in [3.05, 3.63) is 106 Å². The smallest absolute Gasteiger partial charge is 0.207 e. The third kappa shape index (κ3) is 4.01. The largest absolute Gasteiger partial charge is 0.326 e. The molecule has 0 fully saturated rings. The van der Waals surface area contributed by atoms with Crippen LogP contribution in [0.4, 0.5) is 11.6 Å². The number of fused-ring (bicyclic) bond motifs is 2. The number of nitrogens with zero attached hydrogens (tertiary/aromatic N) is 5. The molecular weight excluding hydrogens is 466 g/mol. The molecule has 0 aliphatic rings. The minimum Gasteiger partial charge on any atom is -0.326 e. The van der Waals surface area contributed by atoms with Crippen LogP contribution in [-0.4, -0.2) is 29.9 Å². The van der Waals surface area contributed by atoms with Crippen LogP contribution in [0.25, 0.3) is 27.6 Å².